The zero-order valence-electron chi connectivity index (χ0n) is 19.1. The Morgan fingerprint density at radius 1 is 1.19 bits per heavy atom. The second-order valence-corrected chi connectivity index (χ2v) is 8.22. The Balaban J connectivity index is 1.48. The Kier molecular flexibility index (Phi) is 8.91. The smallest absolute Gasteiger partial charge is 0.191 e. The maximum atomic E-state index is 10.6. The van der Waals surface area contributed by atoms with Gasteiger partial charge in [-0.2, -0.15) is 0 Å². The molecule has 0 bridgehead atoms. The van der Waals surface area contributed by atoms with Crippen LogP contribution in [0.1, 0.15) is 62.1 Å². The Labute approximate surface area is 185 Å². The van der Waals surface area contributed by atoms with Crippen LogP contribution in [0.2, 0.25) is 0 Å². The molecule has 0 saturated carbocycles. The van der Waals surface area contributed by atoms with E-state index < -0.39 is 6.10 Å². The predicted octanol–water partition coefficient (Wildman–Crippen LogP) is 3.05. The largest absolute Gasteiger partial charge is 0.390 e. The molecule has 1 aromatic carbocycles. The lowest BCUT2D eigenvalue weighted by Crippen LogP contribution is -2.45. The topological polar surface area (TPSA) is 85.9 Å². The van der Waals surface area contributed by atoms with Crippen LogP contribution >= 0.6 is 0 Å². The lowest BCUT2D eigenvalue weighted by atomic mass is 9.99. The predicted molar refractivity (Wildman–Crippen MR) is 124 cm³/mol. The minimum Gasteiger partial charge on any atom is -0.390 e. The molecule has 7 heteroatoms. The number of aromatic nitrogens is 1. The summed E-state index contributed by atoms with van der Waals surface area (Å²) in [5, 5.41) is 21.2. The maximum absolute atomic E-state index is 10.6. The van der Waals surface area contributed by atoms with Crippen molar-refractivity contribution in [2.75, 3.05) is 26.2 Å². The van der Waals surface area contributed by atoms with E-state index in [1.807, 2.05) is 13.0 Å². The third-order valence-corrected chi connectivity index (χ3v) is 5.90. The molecular formula is C24H37N5O2. The molecular weight excluding hydrogens is 390 g/mol. The second-order valence-electron chi connectivity index (χ2n) is 8.22. The highest BCUT2D eigenvalue weighted by molar-refractivity contribution is 5.79. The lowest BCUT2D eigenvalue weighted by Gasteiger charge is -2.30. The monoisotopic (exact) mass is 427 g/mol. The van der Waals surface area contributed by atoms with Crippen molar-refractivity contribution in [2.24, 2.45) is 4.99 Å². The number of nitrogens with zero attached hydrogens (tertiary/aromatic N) is 3. The molecule has 3 rings (SSSR count). The number of aliphatic imine (C=N–C) groups is 1. The van der Waals surface area contributed by atoms with Crippen molar-refractivity contribution in [3.8, 4) is 0 Å². The molecule has 0 radical (unpaired) electrons. The molecule has 3 N–H and O–H groups in total. The molecule has 0 amide bonds. The van der Waals surface area contributed by atoms with Crippen molar-refractivity contribution in [2.45, 2.75) is 65.1 Å². The summed E-state index contributed by atoms with van der Waals surface area (Å²) in [6.45, 7) is 10.5. The number of aliphatic hydroxyl groups is 1. The van der Waals surface area contributed by atoms with Gasteiger partial charge in [0, 0.05) is 44.7 Å². The van der Waals surface area contributed by atoms with Gasteiger partial charge in [-0.3, -0.25) is 4.90 Å². The highest BCUT2D eigenvalue weighted by atomic mass is 16.5. The SMILES string of the molecule is CCNC(=NCc1cc(C(CC)CC)no1)NCC(O)CN1CCc2ccccc2C1. The molecule has 31 heavy (non-hydrogen) atoms. The molecule has 1 atom stereocenters. The first-order chi connectivity index (χ1) is 15.1. The number of β-amino-alcohol motifs (C(OH)–C–C–N with tert-alkyl or cyclic N) is 1. The van der Waals surface area contributed by atoms with Gasteiger partial charge in [-0.05, 0) is 37.3 Å². The van der Waals surface area contributed by atoms with Crippen LogP contribution < -0.4 is 10.6 Å². The van der Waals surface area contributed by atoms with Gasteiger partial charge < -0.3 is 20.3 Å². The third-order valence-electron chi connectivity index (χ3n) is 5.90. The minimum absolute atomic E-state index is 0.418. The Morgan fingerprint density at radius 2 is 1.97 bits per heavy atom. The molecule has 7 nitrogen and oxygen atoms in total. The second kappa shape index (κ2) is 11.9. The fourth-order valence-corrected chi connectivity index (χ4v) is 4.09. The van der Waals surface area contributed by atoms with E-state index in [0.717, 1.165) is 50.4 Å². The van der Waals surface area contributed by atoms with Gasteiger partial charge in [-0.15, -0.1) is 0 Å². The average Bonchev–Trinajstić information content (AvgIpc) is 3.25. The minimum atomic E-state index is -0.471. The van der Waals surface area contributed by atoms with Crippen LogP contribution in [0, 0.1) is 0 Å². The molecule has 0 spiro atoms. The quantitative estimate of drug-likeness (QED) is 0.399. The van der Waals surface area contributed by atoms with E-state index >= 15 is 0 Å². The fourth-order valence-electron chi connectivity index (χ4n) is 4.09. The van der Waals surface area contributed by atoms with E-state index in [0.29, 0.717) is 31.5 Å². The average molecular weight is 428 g/mol. The number of nitrogens with one attached hydrogen (secondary N) is 2. The summed E-state index contributed by atoms with van der Waals surface area (Å²) >= 11 is 0. The molecule has 1 aromatic heterocycles. The summed E-state index contributed by atoms with van der Waals surface area (Å²) in [5.74, 6) is 1.86. The maximum Gasteiger partial charge on any atom is 0.191 e. The summed E-state index contributed by atoms with van der Waals surface area (Å²) in [6, 6.07) is 10.6. The summed E-state index contributed by atoms with van der Waals surface area (Å²) < 4.78 is 5.46. The van der Waals surface area contributed by atoms with E-state index in [2.05, 4.69) is 63.8 Å². The van der Waals surface area contributed by atoms with Crippen molar-refractivity contribution in [3.63, 3.8) is 0 Å². The molecule has 170 valence electrons. The van der Waals surface area contributed by atoms with Crippen molar-refractivity contribution in [3.05, 3.63) is 52.9 Å². The number of benzene rings is 1. The number of aliphatic hydroxyl groups excluding tert-OH is 1. The van der Waals surface area contributed by atoms with E-state index in [1.54, 1.807) is 0 Å². The summed E-state index contributed by atoms with van der Waals surface area (Å²) in [4.78, 5) is 6.90. The molecule has 0 fully saturated rings. The number of rotatable bonds is 10. The highest BCUT2D eigenvalue weighted by Crippen LogP contribution is 2.22. The van der Waals surface area contributed by atoms with Crippen LogP contribution in [-0.4, -0.2) is 53.4 Å². The lowest BCUT2D eigenvalue weighted by molar-refractivity contribution is 0.108. The van der Waals surface area contributed by atoms with E-state index in [-0.39, 0.29) is 0 Å². The standard InChI is InChI=1S/C24H37N5O2/c1-4-18(5-2)23-13-22(31-28-23)15-27-24(25-6-3)26-14-21(30)17-29-12-11-19-9-7-8-10-20(19)16-29/h7-10,13,18,21,30H,4-6,11-12,14-17H2,1-3H3,(H2,25,26,27). The molecule has 0 aliphatic carbocycles. The number of guanidine groups is 1. The molecule has 2 aromatic rings. The Hall–Kier alpha value is -2.38. The molecule has 1 unspecified atom stereocenters. The van der Waals surface area contributed by atoms with Gasteiger partial charge in [0.2, 0.25) is 0 Å². The van der Waals surface area contributed by atoms with Gasteiger partial charge in [0.05, 0.1) is 11.8 Å². The summed E-state index contributed by atoms with van der Waals surface area (Å²) in [7, 11) is 0. The van der Waals surface area contributed by atoms with Gasteiger partial charge in [0.25, 0.3) is 0 Å². The van der Waals surface area contributed by atoms with Crippen molar-refractivity contribution in [1.29, 1.82) is 0 Å². The van der Waals surface area contributed by atoms with Crippen molar-refractivity contribution < 1.29 is 9.63 Å². The Morgan fingerprint density at radius 3 is 2.71 bits per heavy atom. The van der Waals surface area contributed by atoms with Crippen molar-refractivity contribution >= 4 is 5.96 Å². The van der Waals surface area contributed by atoms with E-state index in [1.165, 1.54) is 11.1 Å². The third kappa shape index (κ3) is 6.80. The van der Waals surface area contributed by atoms with Gasteiger partial charge in [-0.1, -0.05) is 43.3 Å². The van der Waals surface area contributed by atoms with Crippen LogP contribution in [0.4, 0.5) is 0 Å². The fraction of sp³-hybridized carbons (Fsp3) is 0.583. The molecule has 0 saturated heterocycles. The van der Waals surface area contributed by atoms with Crippen LogP contribution in [0.3, 0.4) is 0 Å². The number of hydrogen-bond donors (Lipinski definition) is 3. The Bertz CT molecular complexity index is 831. The zero-order chi connectivity index (χ0) is 22.1. The number of fused-ring (bicyclic) bond motifs is 1. The molecule has 1 aliphatic rings. The summed E-state index contributed by atoms with van der Waals surface area (Å²) in [5.41, 5.74) is 3.79. The van der Waals surface area contributed by atoms with E-state index in [4.69, 9.17) is 4.52 Å². The normalized spacial score (nSPS) is 15.7. The van der Waals surface area contributed by atoms with E-state index in [9.17, 15) is 5.11 Å². The van der Waals surface area contributed by atoms with Crippen molar-refractivity contribution in [1.82, 2.24) is 20.7 Å². The van der Waals surface area contributed by atoms with Gasteiger partial charge in [-0.25, -0.2) is 4.99 Å². The van der Waals surface area contributed by atoms with Crippen LogP contribution in [-0.2, 0) is 19.5 Å². The first kappa shape index (κ1) is 23.3. The first-order valence-electron chi connectivity index (χ1n) is 11.6. The first-order valence-corrected chi connectivity index (χ1v) is 11.6. The van der Waals surface area contributed by atoms with Crippen LogP contribution in [0.25, 0.3) is 0 Å². The van der Waals surface area contributed by atoms with Crippen LogP contribution in [0.15, 0.2) is 39.8 Å². The zero-order valence-corrected chi connectivity index (χ0v) is 19.1. The number of hydrogen-bond acceptors (Lipinski definition) is 5. The highest BCUT2D eigenvalue weighted by Gasteiger charge is 2.18. The van der Waals surface area contributed by atoms with Gasteiger partial charge >= 0.3 is 0 Å². The molecule has 1 aliphatic heterocycles. The van der Waals surface area contributed by atoms with Gasteiger partial charge in [0.15, 0.2) is 11.7 Å². The van der Waals surface area contributed by atoms with Crippen LogP contribution in [0.5, 0.6) is 0 Å². The summed E-state index contributed by atoms with van der Waals surface area (Å²) in [6.07, 6.45) is 2.67. The van der Waals surface area contributed by atoms with Gasteiger partial charge in [0.1, 0.15) is 6.54 Å². The molecule has 2 heterocycles.